The molecule has 0 saturated carbocycles. The first-order valence-electron chi connectivity index (χ1n) is 9.35. The first kappa shape index (κ1) is 20.7. The third-order valence-corrected chi connectivity index (χ3v) is 4.42. The summed E-state index contributed by atoms with van der Waals surface area (Å²) in [6.07, 6.45) is -2.92. The number of fused-ring (bicyclic) bond motifs is 1. The number of carbonyl (C=O) groups excluding carboxylic acids is 1. The zero-order chi connectivity index (χ0) is 21.0. The molecular weight excluding hydrogens is 385 g/mol. The van der Waals surface area contributed by atoms with Crippen LogP contribution in [0.2, 0.25) is 0 Å². The molecule has 1 aliphatic rings. The maximum absolute atomic E-state index is 12.6. The van der Waals surface area contributed by atoms with Gasteiger partial charge in [0.15, 0.2) is 0 Å². The molecule has 0 aliphatic carbocycles. The fourth-order valence-corrected chi connectivity index (χ4v) is 3.04. The Morgan fingerprint density at radius 2 is 1.97 bits per heavy atom. The van der Waals surface area contributed by atoms with Gasteiger partial charge in [0.05, 0.1) is 0 Å². The average molecular weight is 408 g/mol. The van der Waals surface area contributed by atoms with Crippen LogP contribution in [0.1, 0.15) is 29.3 Å². The van der Waals surface area contributed by atoms with E-state index in [1.54, 1.807) is 36.2 Å². The summed E-state index contributed by atoms with van der Waals surface area (Å²) in [5.41, 5.74) is 1.81. The number of nitrogens with one attached hydrogen (secondary N) is 3. The molecule has 0 atom stereocenters. The molecule has 0 fully saturated rings. The minimum Gasteiger partial charge on any atom is -0.369 e. The van der Waals surface area contributed by atoms with Crippen LogP contribution in [0, 0.1) is 0 Å². The van der Waals surface area contributed by atoms with Gasteiger partial charge in [-0.2, -0.15) is 23.1 Å². The summed E-state index contributed by atoms with van der Waals surface area (Å²) in [6, 6.07) is 6.79. The van der Waals surface area contributed by atoms with E-state index >= 15 is 0 Å². The van der Waals surface area contributed by atoms with E-state index in [4.69, 9.17) is 0 Å². The zero-order valence-corrected chi connectivity index (χ0v) is 16.2. The second-order valence-corrected chi connectivity index (χ2v) is 6.80. The van der Waals surface area contributed by atoms with Crippen molar-refractivity contribution < 1.29 is 18.0 Å². The number of alkyl halides is 3. The van der Waals surface area contributed by atoms with E-state index in [0.29, 0.717) is 42.1 Å². The first-order chi connectivity index (χ1) is 13.8. The van der Waals surface area contributed by atoms with Crippen LogP contribution in [0.4, 0.5) is 36.4 Å². The van der Waals surface area contributed by atoms with Crippen LogP contribution >= 0.6 is 0 Å². The highest BCUT2D eigenvalue weighted by atomic mass is 19.4. The number of hydrogen-bond acceptors (Lipinski definition) is 6. The summed E-state index contributed by atoms with van der Waals surface area (Å²) in [5, 5.41) is 8.39. The van der Waals surface area contributed by atoms with Crippen LogP contribution < -0.4 is 16.0 Å². The van der Waals surface area contributed by atoms with Crippen LogP contribution in [0.25, 0.3) is 0 Å². The molecule has 2 heterocycles. The van der Waals surface area contributed by atoms with Crippen LogP contribution in [0.15, 0.2) is 24.3 Å². The lowest BCUT2D eigenvalue weighted by atomic mass is 10.2. The Kier molecular flexibility index (Phi) is 6.09. The van der Waals surface area contributed by atoms with Crippen molar-refractivity contribution in [3.63, 3.8) is 0 Å². The molecule has 0 saturated heterocycles. The summed E-state index contributed by atoms with van der Waals surface area (Å²) >= 11 is 0. The van der Waals surface area contributed by atoms with E-state index in [9.17, 15) is 18.0 Å². The zero-order valence-electron chi connectivity index (χ0n) is 16.2. The number of nitrogens with zero attached hydrogens (tertiary/aromatic N) is 3. The van der Waals surface area contributed by atoms with E-state index < -0.39 is 12.7 Å². The Hall–Kier alpha value is -3.04. The topological polar surface area (TPSA) is 82.2 Å². The Balaban J connectivity index is 1.75. The summed E-state index contributed by atoms with van der Waals surface area (Å²) in [7, 11) is 1.75. The molecule has 7 nitrogen and oxygen atoms in total. The SMILES string of the molecule is CCCN(C)C(=O)c1ccc(Nc2nc3c(c(NCC(F)(F)F)n2)CCN3)cc1. The molecule has 1 aromatic heterocycles. The number of aromatic nitrogens is 2. The van der Waals surface area contributed by atoms with E-state index in [1.807, 2.05) is 6.92 Å². The first-order valence-corrected chi connectivity index (χ1v) is 9.35. The van der Waals surface area contributed by atoms with E-state index in [-0.39, 0.29) is 17.7 Å². The second kappa shape index (κ2) is 8.54. The third-order valence-electron chi connectivity index (χ3n) is 4.42. The predicted octanol–water partition coefficient (Wildman–Crippen LogP) is 3.64. The van der Waals surface area contributed by atoms with E-state index in [0.717, 1.165) is 6.42 Å². The molecular formula is C19H23F3N6O. The molecule has 29 heavy (non-hydrogen) atoms. The number of rotatable bonds is 7. The number of anilines is 4. The summed E-state index contributed by atoms with van der Waals surface area (Å²) in [6.45, 7) is 2.09. The van der Waals surface area contributed by atoms with Crippen LogP contribution in [-0.2, 0) is 6.42 Å². The molecule has 10 heteroatoms. The normalized spacial score (nSPS) is 12.9. The quantitative estimate of drug-likeness (QED) is 0.649. The highest BCUT2D eigenvalue weighted by Crippen LogP contribution is 2.29. The van der Waals surface area contributed by atoms with Gasteiger partial charge in [-0.15, -0.1) is 0 Å². The number of benzene rings is 1. The Morgan fingerprint density at radius 3 is 2.62 bits per heavy atom. The molecule has 0 spiro atoms. The van der Waals surface area contributed by atoms with Crippen LogP contribution in [-0.4, -0.2) is 53.6 Å². The van der Waals surface area contributed by atoms with Crippen molar-refractivity contribution in [1.29, 1.82) is 0 Å². The molecule has 2 aromatic rings. The molecule has 0 unspecified atom stereocenters. The van der Waals surface area contributed by atoms with Crippen molar-refractivity contribution in [2.45, 2.75) is 25.9 Å². The third kappa shape index (κ3) is 5.27. The second-order valence-electron chi connectivity index (χ2n) is 6.80. The van der Waals surface area contributed by atoms with E-state index in [2.05, 4.69) is 25.9 Å². The monoisotopic (exact) mass is 408 g/mol. The van der Waals surface area contributed by atoms with E-state index in [1.165, 1.54) is 0 Å². The number of hydrogen-bond donors (Lipinski definition) is 3. The lowest BCUT2D eigenvalue weighted by Crippen LogP contribution is -2.27. The van der Waals surface area contributed by atoms with Crippen LogP contribution in [0.5, 0.6) is 0 Å². The van der Waals surface area contributed by atoms with Crippen molar-refractivity contribution >= 4 is 29.2 Å². The van der Waals surface area contributed by atoms with Crippen LogP contribution in [0.3, 0.4) is 0 Å². The molecule has 1 aliphatic heterocycles. The van der Waals surface area contributed by atoms with Gasteiger partial charge in [-0.25, -0.2) is 0 Å². The smallest absolute Gasteiger partial charge is 0.369 e. The van der Waals surface area contributed by atoms with Gasteiger partial charge in [-0.3, -0.25) is 4.79 Å². The predicted molar refractivity (Wildman–Crippen MR) is 106 cm³/mol. The molecule has 1 aromatic carbocycles. The van der Waals surface area contributed by atoms with Gasteiger partial charge < -0.3 is 20.9 Å². The lowest BCUT2D eigenvalue weighted by Gasteiger charge is -2.16. The number of halogens is 3. The van der Waals surface area contributed by atoms with Gasteiger partial charge in [-0.1, -0.05) is 6.92 Å². The van der Waals surface area contributed by atoms with Crippen molar-refractivity contribution in [2.24, 2.45) is 0 Å². The Morgan fingerprint density at radius 1 is 1.24 bits per heavy atom. The fraction of sp³-hybridized carbons (Fsp3) is 0.421. The highest BCUT2D eigenvalue weighted by Gasteiger charge is 2.28. The molecule has 0 bridgehead atoms. The maximum atomic E-state index is 12.6. The minimum atomic E-state index is -4.34. The summed E-state index contributed by atoms with van der Waals surface area (Å²) in [4.78, 5) is 22.5. The molecule has 156 valence electrons. The molecule has 0 radical (unpaired) electrons. The van der Waals surface area contributed by atoms with Gasteiger partial charge in [-0.05, 0) is 37.1 Å². The lowest BCUT2D eigenvalue weighted by molar-refractivity contribution is -0.115. The largest absolute Gasteiger partial charge is 0.405 e. The Labute approximate surface area is 166 Å². The summed E-state index contributed by atoms with van der Waals surface area (Å²) in [5.74, 6) is 0.771. The maximum Gasteiger partial charge on any atom is 0.405 e. The van der Waals surface area contributed by atoms with Crippen molar-refractivity contribution in [3.05, 3.63) is 35.4 Å². The summed E-state index contributed by atoms with van der Waals surface area (Å²) < 4.78 is 37.7. The molecule has 1 amide bonds. The standard InChI is InChI=1S/C19H23F3N6O/c1-3-10-28(2)17(29)12-4-6-13(7-5-12)25-18-26-15-14(8-9-23-15)16(27-18)24-11-19(20,21)22/h4-7H,3,8-11H2,1-2H3,(H3,23,24,25,26,27). The van der Waals surface area contributed by atoms with Gasteiger partial charge in [0.25, 0.3) is 5.91 Å². The molecule has 3 N–H and O–H groups in total. The number of carbonyl (C=O) groups is 1. The van der Waals surface area contributed by atoms with Crippen molar-refractivity contribution in [3.8, 4) is 0 Å². The van der Waals surface area contributed by atoms with Gasteiger partial charge >= 0.3 is 6.18 Å². The van der Waals surface area contributed by atoms with Gasteiger partial charge in [0.1, 0.15) is 18.2 Å². The van der Waals surface area contributed by atoms with Gasteiger partial charge in [0, 0.05) is 37.0 Å². The van der Waals surface area contributed by atoms with Gasteiger partial charge in [0.2, 0.25) is 5.95 Å². The van der Waals surface area contributed by atoms with Crippen molar-refractivity contribution in [2.75, 3.05) is 42.6 Å². The Bertz CT molecular complexity index is 869. The van der Waals surface area contributed by atoms with Crippen molar-refractivity contribution in [1.82, 2.24) is 14.9 Å². The fourth-order valence-electron chi connectivity index (χ4n) is 3.04. The average Bonchev–Trinajstić information content (AvgIpc) is 3.14. The highest BCUT2D eigenvalue weighted by molar-refractivity contribution is 5.94. The number of amides is 1. The minimum absolute atomic E-state index is 0.0741. The molecule has 3 rings (SSSR count).